The minimum absolute atomic E-state index is 0.546. The molecular weight excluding hydrogens is 156 g/mol. The van der Waals surface area contributed by atoms with Gasteiger partial charge in [-0.2, -0.15) is 0 Å². The Morgan fingerprint density at radius 1 is 1.45 bits per heavy atom. The Labute approximate surface area is 73.2 Å². The Kier molecular flexibility index (Phi) is 9.27. The molecule has 0 bridgehead atoms. The van der Waals surface area contributed by atoms with Crippen molar-refractivity contribution in [3.63, 3.8) is 0 Å². The zero-order valence-corrected chi connectivity index (χ0v) is 7.91. The predicted octanol–water partition coefficient (Wildman–Crippen LogP) is 1.95. The molecule has 0 aliphatic heterocycles. The number of methoxy groups -OCH3 is 1. The van der Waals surface area contributed by atoms with Crippen LogP contribution in [0.3, 0.4) is 0 Å². The molecule has 0 radical (unpaired) electrons. The van der Waals surface area contributed by atoms with Gasteiger partial charge in [-0.1, -0.05) is 24.0 Å². The van der Waals surface area contributed by atoms with E-state index in [1.54, 1.807) is 7.11 Å². The van der Waals surface area contributed by atoms with Gasteiger partial charge in [0.2, 0.25) is 0 Å². The van der Waals surface area contributed by atoms with E-state index < -0.39 is 0 Å². The Balaban J connectivity index is 3.08. The molecule has 0 saturated heterocycles. The van der Waals surface area contributed by atoms with E-state index >= 15 is 0 Å². The molecule has 0 rings (SSSR count). The molecule has 0 aliphatic rings. The number of hydrogen-bond acceptors (Lipinski definition) is 2. The lowest BCUT2D eigenvalue weighted by Gasteiger charge is -1.87. The third-order valence-corrected chi connectivity index (χ3v) is 1.74. The monoisotopic (exact) mass is 170 g/mol. The summed E-state index contributed by atoms with van der Waals surface area (Å²) in [6.45, 7) is 2.57. The topological polar surface area (TPSA) is 9.23 Å². The lowest BCUT2D eigenvalue weighted by Crippen LogP contribution is -1.82. The molecule has 0 saturated carbocycles. The Bertz CT molecular complexity index is 153. The molecule has 62 valence electrons. The molecule has 0 N–H and O–H groups in total. The number of thioether (sulfide) groups is 1. The minimum atomic E-state index is 0.546. The van der Waals surface area contributed by atoms with Gasteiger partial charge in [0, 0.05) is 12.9 Å². The summed E-state index contributed by atoms with van der Waals surface area (Å²) in [6.07, 6.45) is 4.18. The lowest BCUT2D eigenvalue weighted by molar-refractivity contribution is 0.240. The quantitative estimate of drug-likeness (QED) is 0.362. The van der Waals surface area contributed by atoms with Crippen LogP contribution in [0.5, 0.6) is 0 Å². The van der Waals surface area contributed by atoms with Crippen LogP contribution in [0.2, 0.25) is 0 Å². The van der Waals surface area contributed by atoms with E-state index in [0.717, 1.165) is 11.5 Å². The normalized spacial score (nSPS) is 9.64. The molecule has 0 fully saturated rings. The first-order valence-electron chi connectivity index (χ1n) is 3.55. The van der Waals surface area contributed by atoms with Gasteiger partial charge in [0.1, 0.15) is 6.61 Å². The number of hydrogen-bond donors (Lipinski definition) is 0. The zero-order chi connectivity index (χ0) is 8.36. The number of ether oxygens (including phenoxy) is 1. The maximum absolute atomic E-state index is 4.77. The minimum Gasteiger partial charge on any atom is -0.372 e. The second kappa shape index (κ2) is 9.61. The summed E-state index contributed by atoms with van der Waals surface area (Å²) >= 11 is 1.81. The maximum Gasteiger partial charge on any atom is 0.107 e. The van der Waals surface area contributed by atoms with Crippen molar-refractivity contribution in [2.45, 2.75) is 6.92 Å². The first-order valence-corrected chi connectivity index (χ1v) is 4.71. The van der Waals surface area contributed by atoms with Crippen LogP contribution in [0.4, 0.5) is 0 Å². The first kappa shape index (κ1) is 10.6. The second-order valence-corrected chi connectivity index (χ2v) is 2.90. The lowest BCUT2D eigenvalue weighted by atomic mass is 10.6. The molecule has 2 heteroatoms. The Morgan fingerprint density at radius 2 is 2.27 bits per heavy atom. The summed E-state index contributed by atoms with van der Waals surface area (Å²) in [7, 11) is 1.65. The van der Waals surface area contributed by atoms with Gasteiger partial charge >= 0.3 is 0 Å². The molecule has 0 aromatic rings. The highest BCUT2D eigenvalue weighted by molar-refractivity contribution is 7.99. The van der Waals surface area contributed by atoms with Crippen LogP contribution in [-0.2, 0) is 4.74 Å². The fourth-order valence-electron chi connectivity index (χ4n) is 0.448. The molecule has 0 aliphatic carbocycles. The van der Waals surface area contributed by atoms with Crippen molar-refractivity contribution < 1.29 is 4.74 Å². The largest absolute Gasteiger partial charge is 0.372 e. The van der Waals surface area contributed by atoms with Crippen molar-refractivity contribution in [3.05, 3.63) is 12.2 Å². The average Bonchev–Trinajstić information content (AvgIpc) is 2.03. The average molecular weight is 170 g/mol. The van der Waals surface area contributed by atoms with Crippen LogP contribution in [-0.4, -0.2) is 25.2 Å². The van der Waals surface area contributed by atoms with Crippen molar-refractivity contribution >= 4 is 11.8 Å². The molecule has 0 atom stereocenters. The maximum atomic E-state index is 4.77. The molecule has 11 heavy (non-hydrogen) atoms. The molecule has 1 nitrogen and oxygen atoms in total. The van der Waals surface area contributed by atoms with E-state index in [-0.39, 0.29) is 0 Å². The highest BCUT2D eigenvalue weighted by atomic mass is 32.2. The van der Waals surface area contributed by atoms with Crippen LogP contribution in [0.25, 0.3) is 0 Å². The molecular formula is C9H14OS. The summed E-state index contributed by atoms with van der Waals surface area (Å²) in [5.74, 6) is 7.84. The van der Waals surface area contributed by atoms with Gasteiger partial charge in [-0.3, -0.25) is 0 Å². The van der Waals surface area contributed by atoms with E-state index in [9.17, 15) is 0 Å². The van der Waals surface area contributed by atoms with E-state index in [2.05, 4.69) is 24.0 Å². The van der Waals surface area contributed by atoms with Crippen molar-refractivity contribution in [1.29, 1.82) is 0 Å². The fraction of sp³-hybridized carbons (Fsp3) is 0.556. The van der Waals surface area contributed by atoms with E-state index in [1.807, 2.05) is 18.7 Å². The summed E-state index contributed by atoms with van der Waals surface area (Å²) < 4.78 is 4.77. The van der Waals surface area contributed by atoms with Crippen molar-refractivity contribution in [1.82, 2.24) is 0 Å². The van der Waals surface area contributed by atoms with Crippen molar-refractivity contribution in [3.8, 4) is 11.8 Å². The van der Waals surface area contributed by atoms with E-state index in [0.29, 0.717) is 6.61 Å². The highest BCUT2D eigenvalue weighted by Gasteiger charge is 1.77. The van der Waals surface area contributed by atoms with Gasteiger partial charge < -0.3 is 4.74 Å². The molecule has 0 heterocycles. The van der Waals surface area contributed by atoms with E-state index in [1.165, 1.54) is 0 Å². The number of rotatable bonds is 4. The van der Waals surface area contributed by atoms with Gasteiger partial charge in [-0.15, -0.1) is 11.8 Å². The van der Waals surface area contributed by atoms with Crippen LogP contribution in [0, 0.1) is 11.8 Å². The van der Waals surface area contributed by atoms with Gasteiger partial charge in [0.25, 0.3) is 0 Å². The smallest absolute Gasteiger partial charge is 0.107 e. The third kappa shape index (κ3) is 9.61. The fourth-order valence-corrected chi connectivity index (χ4v) is 1.10. The second-order valence-electron chi connectivity index (χ2n) is 1.87. The van der Waals surface area contributed by atoms with Gasteiger partial charge in [-0.05, 0) is 6.92 Å². The van der Waals surface area contributed by atoms with Gasteiger partial charge in [-0.25, -0.2) is 0 Å². The van der Waals surface area contributed by atoms with Crippen LogP contribution >= 0.6 is 11.8 Å². The Morgan fingerprint density at radius 3 is 2.91 bits per heavy atom. The predicted molar refractivity (Wildman–Crippen MR) is 51.8 cm³/mol. The van der Waals surface area contributed by atoms with Crippen molar-refractivity contribution in [2.24, 2.45) is 0 Å². The Hall–Kier alpha value is -0.390. The zero-order valence-electron chi connectivity index (χ0n) is 7.09. The van der Waals surface area contributed by atoms with Gasteiger partial charge in [0.15, 0.2) is 0 Å². The van der Waals surface area contributed by atoms with Crippen LogP contribution < -0.4 is 0 Å². The van der Waals surface area contributed by atoms with E-state index in [4.69, 9.17) is 4.74 Å². The SMILES string of the molecule is C/C=C/CSCC#CCOC. The number of allylic oxidation sites excluding steroid dienone is 1. The molecule has 0 aromatic heterocycles. The molecule has 0 aromatic carbocycles. The summed E-state index contributed by atoms with van der Waals surface area (Å²) in [5, 5.41) is 0. The third-order valence-electron chi connectivity index (χ3n) is 0.966. The molecule has 0 spiro atoms. The first-order chi connectivity index (χ1) is 5.41. The van der Waals surface area contributed by atoms with Crippen LogP contribution in [0.1, 0.15) is 6.92 Å². The summed E-state index contributed by atoms with van der Waals surface area (Å²) in [5.41, 5.74) is 0. The van der Waals surface area contributed by atoms with Crippen molar-refractivity contribution in [2.75, 3.05) is 25.2 Å². The summed E-state index contributed by atoms with van der Waals surface area (Å²) in [4.78, 5) is 0. The molecule has 0 unspecified atom stereocenters. The highest BCUT2D eigenvalue weighted by Crippen LogP contribution is 1.97. The standard InChI is InChI=1S/C9H14OS/c1-3-4-8-11-9-6-5-7-10-2/h3-4H,7-9H2,1-2H3/b4-3+. The summed E-state index contributed by atoms with van der Waals surface area (Å²) in [6, 6.07) is 0. The van der Waals surface area contributed by atoms with Gasteiger partial charge in [0.05, 0.1) is 5.75 Å². The van der Waals surface area contributed by atoms with Crippen LogP contribution in [0.15, 0.2) is 12.2 Å². The molecule has 0 amide bonds.